The number of nitrogens with two attached hydrogens (primary N) is 1. The highest BCUT2D eigenvalue weighted by Gasteiger charge is 1.95. The van der Waals surface area contributed by atoms with Crippen LogP contribution >= 0.6 is 12.4 Å². The quantitative estimate of drug-likeness (QED) is 0.527. The number of nitrogen functional groups attached to an aromatic ring is 1. The lowest BCUT2D eigenvalue weighted by Crippen LogP contribution is -2.07. The number of rotatable bonds is 2. The fourth-order valence-corrected chi connectivity index (χ4v) is 0.764. The van der Waals surface area contributed by atoms with Gasteiger partial charge in [0.1, 0.15) is 5.75 Å². The van der Waals surface area contributed by atoms with Crippen molar-refractivity contribution >= 4 is 18.1 Å². The van der Waals surface area contributed by atoms with Crippen molar-refractivity contribution in [1.82, 2.24) is 0 Å². The van der Waals surface area contributed by atoms with E-state index < -0.39 is 0 Å². The molecular weight excluding hydrogens is 164 g/mol. The van der Waals surface area contributed by atoms with Crippen LogP contribution in [0.4, 0.5) is 5.69 Å². The summed E-state index contributed by atoms with van der Waals surface area (Å²) in [6, 6.07) is 7.46. The van der Waals surface area contributed by atoms with Crippen LogP contribution < -0.4 is 16.0 Å². The van der Waals surface area contributed by atoms with E-state index in [9.17, 15) is 0 Å². The number of hydrogen-bond acceptors (Lipinski definition) is 3. The summed E-state index contributed by atoms with van der Waals surface area (Å²) in [6.07, 6.45) is 0. The zero-order valence-electron chi connectivity index (χ0n) is 6.20. The van der Waals surface area contributed by atoms with Gasteiger partial charge in [-0.3, -0.25) is 5.84 Å². The van der Waals surface area contributed by atoms with Gasteiger partial charge in [-0.15, -0.1) is 12.4 Å². The van der Waals surface area contributed by atoms with Crippen molar-refractivity contribution in [2.24, 2.45) is 5.84 Å². The molecule has 0 saturated heterocycles. The molecule has 0 aliphatic rings. The van der Waals surface area contributed by atoms with E-state index in [1.165, 1.54) is 0 Å². The van der Waals surface area contributed by atoms with Gasteiger partial charge in [-0.2, -0.15) is 0 Å². The summed E-state index contributed by atoms with van der Waals surface area (Å²) < 4.78 is 4.99. The number of ether oxygens (including phenoxy) is 1. The van der Waals surface area contributed by atoms with Gasteiger partial charge in [-0.1, -0.05) is 12.1 Å². The molecule has 0 aliphatic heterocycles. The van der Waals surface area contributed by atoms with Crippen molar-refractivity contribution in [3.63, 3.8) is 0 Å². The molecule has 1 rings (SSSR count). The highest BCUT2D eigenvalue weighted by atomic mass is 35.5. The van der Waals surface area contributed by atoms with E-state index in [4.69, 9.17) is 10.6 Å². The number of hydrazine groups is 1. The van der Waals surface area contributed by atoms with Crippen LogP contribution in [0.15, 0.2) is 24.3 Å². The van der Waals surface area contributed by atoms with Crippen LogP contribution in [0.2, 0.25) is 0 Å². The molecule has 0 atom stereocenters. The van der Waals surface area contributed by atoms with Crippen LogP contribution in [0, 0.1) is 0 Å². The maximum Gasteiger partial charge on any atom is 0.143 e. The van der Waals surface area contributed by atoms with E-state index in [2.05, 4.69) is 5.43 Å². The van der Waals surface area contributed by atoms with Gasteiger partial charge in [-0.25, -0.2) is 0 Å². The van der Waals surface area contributed by atoms with Crippen molar-refractivity contribution in [1.29, 1.82) is 0 Å². The zero-order chi connectivity index (χ0) is 7.40. The fraction of sp³-hybridized carbons (Fsp3) is 0.143. The number of benzene rings is 1. The molecule has 0 bridgehead atoms. The minimum absolute atomic E-state index is 0. The molecule has 0 aromatic heterocycles. The first-order chi connectivity index (χ1) is 4.88. The van der Waals surface area contributed by atoms with Crippen LogP contribution in [0.25, 0.3) is 0 Å². The van der Waals surface area contributed by atoms with E-state index in [1.54, 1.807) is 7.11 Å². The Morgan fingerprint density at radius 1 is 1.36 bits per heavy atom. The average molecular weight is 175 g/mol. The van der Waals surface area contributed by atoms with Gasteiger partial charge in [0.05, 0.1) is 12.8 Å². The number of hydrogen-bond donors (Lipinski definition) is 2. The molecule has 3 nitrogen and oxygen atoms in total. The summed E-state index contributed by atoms with van der Waals surface area (Å²) in [5.74, 6) is 5.95. The Balaban J connectivity index is 0.000001000. The molecule has 0 saturated carbocycles. The number of methoxy groups -OCH3 is 1. The lowest BCUT2D eigenvalue weighted by molar-refractivity contribution is 0.416. The summed E-state index contributed by atoms with van der Waals surface area (Å²) in [5, 5.41) is 0. The van der Waals surface area contributed by atoms with E-state index >= 15 is 0 Å². The first-order valence-corrected chi connectivity index (χ1v) is 2.98. The molecule has 11 heavy (non-hydrogen) atoms. The minimum Gasteiger partial charge on any atom is -0.495 e. The zero-order valence-corrected chi connectivity index (χ0v) is 7.02. The van der Waals surface area contributed by atoms with Crippen molar-refractivity contribution in [3.05, 3.63) is 24.3 Å². The molecule has 0 heterocycles. The molecule has 0 spiro atoms. The summed E-state index contributed by atoms with van der Waals surface area (Å²) in [6.45, 7) is 0. The molecule has 62 valence electrons. The first kappa shape index (κ1) is 10.1. The van der Waals surface area contributed by atoms with E-state index in [-0.39, 0.29) is 12.4 Å². The number of para-hydroxylation sites is 2. The Kier molecular flexibility index (Phi) is 4.41. The molecule has 0 radical (unpaired) electrons. The third-order valence-electron chi connectivity index (χ3n) is 1.26. The number of nitrogens with one attached hydrogen (secondary N) is 1. The lowest BCUT2D eigenvalue weighted by atomic mass is 10.3. The molecule has 0 unspecified atom stereocenters. The highest BCUT2D eigenvalue weighted by molar-refractivity contribution is 5.85. The molecule has 0 fully saturated rings. The highest BCUT2D eigenvalue weighted by Crippen LogP contribution is 2.21. The summed E-state index contributed by atoms with van der Waals surface area (Å²) >= 11 is 0. The van der Waals surface area contributed by atoms with Gasteiger partial charge < -0.3 is 10.2 Å². The lowest BCUT2D eigenvalue weighted by Gasteiger charge is -2.05. The predicted octanol–water partition coefficient (Wildman–Crippen LogP) is 1.40. The van der Waals surface area contributed by atoms with Crippen molar-refractivity contribution in [2.45, 2.75) is 0 Å². The van der Waals surface area contributed by atoms with Gasteiger partial charge in [0.25, 0.3) is 0 Å². The largest absolute Gasteiger partial charge is 0.495 e. The number of anilines is 1. The standard InChI is InChI=1S/C7H10N2O.ClH/c1-10-7-5-3-2-4-6(7)9-8;/h2-5,9H,8H2,1H3;1H. The second-order valence-corrected chi connectivity index (χ2v) is 1.84. The molecule has 1 aromatic rings. The van der Waals surface area contributed by atoms with Crippen LogP contribution in [-0.4, -0.2) is 7.11 Å². The van der Waals surface area contributed by atoms with Crippen molar-refractivity contribution < 1.29 is 4.74 Å². The van der Waals surface area contributed by atoms with Crippen LogP contribution in [0.3, 0.4) is 0 Å². The van der Waals surface area contributed by atoms with E-state index in [1.807, 2.05) is 24.3 Å². The van der Waals surface area contributed by atoms with Crippen LogP contribution in [0.5, 0.6) is 5.75 Å². The topological polar surface area (TPSA) is 47.3 Å². The Morgan fingerprint density at radius 2 is 2.00 bits per heavy atom. The SMILES string of the molecule is COc1ccccc1NN.Cl. The second kappa shape index (κ2) is 4.82. The molecule has 0 amide bonds. The number of halogens is 1. The predicted molar refractivity (Wildman–Crippen MR) is 48.1 cm³/mol. The maximum atomic E-state index is 5.20. The summed E-state index contributed by atoms with van der Waals surface area (Å²) in [5.41, 5.74) is 3.32. The second-order valence-electron chi connectivity index (χ2n) is 1.84. The Labute approximate surface area is 71.9 Å². The average Bonchev–Trinajstić information content (AvgIpc) is 2.04. The van der Waals surface area contributed by atoms with Crippen LogP contribution in [0.1, 0.15) is 0 Å². The summed E-state index contributed by atoms with van der Waals surface area (Å²) in [7, 11) is 1.61. The molecule has 1 aromatic carbocycles. The van der Waals surface area contributed by atoms with E-state index in [0.717, 1.165) is 11.4 Å². The fourth-order valence-electron chi connectivity index (χ4n) is 0.764. The smallest absolute Gasteiger partial charge is 0.143 e. The third-order valence-corrected chi connectivity index (χ3v) is 1.26. The monoisotopic (exact) mass is 174 g/mol. The Bertz CT molecular complexity index is 194. The molecule has 3 N–H and O–H groups in total. The normalized spacial score (nSPS) is 8.18. The minimum atomic E-state index is 0. The Hall–Kier alpha value is -0.930. The van der Waals surface area contributed by atoms with Crippen molar-refractivity contribution in [3.8, 4) is 5.75 Å². The third kappa shape index (κ3) is 2.29. The summed E-state index contributed by atoms with van der Waals surface area (Å²) in [4.78, 5) is 0. The van der Waals surface area contributed by atoms with Gasteiger partial charge in [0, 0.05) is 0 Å². The van der Waals surface area contributed by atoms with Crippen molar-refractivity contribution in [2.75, 3.05) is 12.5 Å². The van der Waals surface area contributed by atoms with Gasteiger partial charge in [0.2, 0.25) is 0 Å². The Morgan fingerprint density at radius 3 is 2.45 bits per heavy atom. The van der Waals surface area contributed by atoms with E-state index in [0.29, 0.717) is 0 Å². The first-order valence-electron chi connectivity index (χ1n) is 2.98. The maximum absolute atomic E-state index is 5.20. The van der Waals surface area contributed by atoms with Crippen LogP contribution in [-0.2, 0) is 0 Å². The van der Waals surface area contributed by atoms with Gasteiger partial charge >= 0.3 is 0 Å². The van der Waals surface area contributed by atoms with Gasteiger partial charge in [-0.05, 0) is 12.1 Å². The van der Waals surface area contributed by atoms with Gasteiger partial charge in [0.15, 0.2) is 0 Å². The molecular formula is C7H11ClN2O. The molecule has 0 aliphatic carbocycles. The molecule has 4 heteroatoms.